The largest absolute Gasteiger partial charge is 0.493 e. The van der Waals surface area contributed by atoms with Crippen LogP contribution in [-0.2, 0) is 11.2 Å². The van der Waals surface area contributed by atoms with Gasteiger partial charge in [0, 0.05) is 18.5 Å². The van der Waals surface area contributed by atoms with E-state index in [1.165, 1.54) is 0 Å². The van der Waals surface area contributed by atoms with Crippen LogP contribution >= 0.6 is 0 Å². The Morgan fingerprint density at radius 3 is 2.57 bits per heavy atom. The smallest absolute Gasteiger partial charge is 0.160 e. The zero-order valence-electron chi connectivity index (χ0n) is 17.5. The molecule has 1 atom stereocenters. The topological polar surface area (TPSA) is 77.0 Å². The van der Waals surface area contributed by atoms with E-state index in [0.717, 1.165) is 36.1 Å². The van der Waals surface area contributed by atoms with Crippen molar-refractivity contribution in [3.05, 3.63) is 59.7 Å². The summed E-state index contributed by atoms with van der Waals surface area (Å²) in [5.41, 5.74) is 3.05. The molecule has 2 aromatic carbocycles. The van der Waals surface area contributed by atoms with Gasteiger partial charge in [-0.2, -0.15) is 0 Å². The molecule has 0 aromatic heterocycles. The molecule has 0 aliphatic heterocycles. The molecule has 0 amide bonds. The van der Waals surface area contributed by atoms with Gasteiger partial charge in [-0.1, -0.05) is 24.3 Å². The highest BCUT2D eigenvalue weighted by molar-refractivity contribution is 6.02. The number of hydrogen-bond acceptors (Lipinski definition) is 6. The van der Waals surface area contributed by atoms with Crippen LogP contribution in [0.3, 0.4) is 0 Å². The fraction of sp³-hybridized carbons (Fsp3) is 0.375. The number of carbonyl (C=O) groups is 1. The molecular formula is C24H29NO5. The lowest BCUT2D eigenvalue weighted by molar-refractivity contribution is -0.114. The highest BCUT2D eigenvalue weighted by Gasteiger charge is 2.17. The van der Waals surface area contributed by atoms with E-state index in [2.05, 4.69) is 5.32 Å². The maximum atomic E-state index is 11.5. The molecule has 1 aliphatic carbocycles. The molecule has 0 saturated carbocycles. The third kappa shape index (κ3) is 5.84. The van der Waals surface area contributed by atoms with Gasteiger partial charge < -0.3 is 24.6 Å². The molecule has 6 nitrogen and oxygen atoms in total. The number of aliphatic hydroxyl groups is 1. The van der Waals surface area contributed by atoms with Crippen molar-refractivity contribution >= 4 is 11.4 Å². The van der Waals surface area contributed by atoms with Crippen LogP contribution in [0.25, 0.3) is 5.57 Å². The summed E-state index contributed by atoms with van der Waals surface area (Å²) >= 11 is 0. The molecule has 0 heterocycles. The molecule has 30 heavy (non-hydrogen) atoms. The van der Waals surface area contributed by atoms with Crippen LogP contribution in [0.1, 0.15) is 24.0 Å². The van der Waals surface area contributed by atoms with E-state index < -0.39 is 6.10 Å². The van der Waals surface area contributed by atoms with Crippen LogP contribution in [0.4, 0.5) is 0 Å². The van der Waals surface area contributed by atoms with Gasteiger partial charge in [-0.3, -0.25) is 4.79 Å². The number of hydrogen-bond donors (Lipinski definition) is 2. The summed E-state index contributed by atoms with van der Waals surface area (Å²) in [5.74, 6) is 2.27. The summed E-state index contributed by atoms with van der Waals surface area (Å²) < 4.78 is 16.4. The minimum atomic E-state index is -0.636. The second kappa shape index (κ2) is 10.8. The van der Waals surface area contributed by atoms with Gasteiger partial charge in [0.05, 0.1) is 14.2 Å². The predicted molar refractivity (Wildman–Crippen MR) is 116 cm³/mol. The van der Waals surface area contributed by atoms with Gasteiger partial charge in [0.2, 0.25) is 0 Å². The third-order valence-electron chi connectivity index (χ3n) is 5.06. The monoisotopic (exact) mass is 411 g/mol. The Morgan fingerprint density at radius 2 is 1.83 bits per heavy atom. The van der Waals surface area contributed by atoms with Gasteiger partial charge in [0.25, 0.3) is 0 Å². The van der Waals surface area contributed by atoms with E-state index in [1.807, 2.05) is 42.5 Å². The van der Waals surface area contributed by atoms with Crippen LogP contribution in [0.15, 0.2) is 48.5 Å². The molecule has 2 N–H and O–H groups in total. The lowest BCUT2D eigenvalue weighted by Gasteiger charge is -2.16. The highest BCUT2D eigenvalue weighted by Crippen LogP contribution is 2.32. The van der Waals surface area contributed by atoms with E-state index in [9.17, 15) is 9.90 Å². The molecule has 0 saturated heterocycles. The van der Waals surface area contributed by atoms with E-state index >= 15 is 0 Å². The number of methoxy groups -OCH3 is 2. The van der Waals surface area contributed by atoms with E-state index in [-0.39, 0.29) is 12.4 Å². The zero-order chi connectivity index (χ0) is 21.3. The van der Waals surface area contributed by atoms with Gasteiger partial charge in [-0.25, -0.2) is 0 Å². The van der Waals surface area contributed by atoms with Gasteiger partial charge in [-0.15, -0.1) is 0 Å². The summed E-state index contributed by atoms with van der Waals surface area (Å²) in [7, 11) is 3.24. The van der Waals surface area contributed by atoms with Crippen LogP contribution in [0.2, 0.25) is 0 Å². The van der Waals surface area contributed by atoms with E-state index in [1.54, 1.807) is 20.3 Å². The fourth-order valence-corrected chi connectivity index (χ4v) is 3.45. The lowest BCUT2D eigenvalue weighted by Crippen LogP contribution is -2.32. The number of aliphatic hydroxyl groups excluding tert-OH is 1. The molecule has 0 spiro atoms. The number of ketones is 1. The summed E-state index contributed by atoms with van der Waals surface area (Å²) in [6.07, 6.45) is 3.14. The first kappa shape index (κ1) is 21.9. The van der Waals surface area contributed by atoms with Crippen molar-refractivity contribution in [2.75, 3.05) is 33.9 Å². The maximum absolute atomic E-state index is 11.5. The molecule has 1 aliphatic rings. The Labute approximate surface area is 177 Å². The van der Waals surface area contributed by atoms with Crippen molar-refractivity contribution < 1.29 is 24.1 Å². The normalized spacial score (nSPS) is 14.4. The van der Waals surface area contributed by atoms with Crippen molar-refractivity contribution in [3.8, 4) is 17.2 Å². The predicted octanol–water partition coefficient (Wildman–Crippen LogP) is 3.02. The molecular weight excluding hydrogens is 382 g/mol. The molecule has 2 aromatic rings. The number of para-hydroxylation sites is 1. The van der Waals surface area contributed by atoms with Crippen LogP contribution in [0.5, 0.6) is 17.2 Å². The standard InChI is InChI=1S/C24H29NO5/c1-28-23-10-7-17(13-24(23)29-2)11-12-25-15-20(27)16-30-22-6-4-3-5-21(22)18-8-9-19(26)14-18/h3-7,10,13-14,20,25,27H,8-9,11-12,15-16H2,1-2H3. The van der Waals surface area contributed by atoms with Gasteiger partial charge in [0.1, 0.15) is 18.5 Å². The van der Waals surface area contributed by atoms with Gasteiger partial charge >= 0.3 is 0 Å². The molecule has 0 radical (unpaired) electrons. The first-order chi connectivity index (χ1) is 14.6. The lowest BCUT2D eigenvalue weighted by atomic mass is 10.0. The number of allylic oxidation sites excluding steroid dienone is 2. The number of benzene rings is 2. The molecule has 0 bridgehead atoms. The molecule has 0 fully saturated rings. The van der Waals surface area contributed by atoms with Crippen molar-refractivity contribution in [2.24, 2.45) is 0 Å². The first-order valence-corrected chi connectivity index (χ1v) is 10.2. The summed E-state index contributed by atoms with van der Waals surface area (Å²) in [5, 5.41) is 13.5. The Morgan fingerprint density at radius 1 is 1.03 bits per heavy atom. The summed E-state index contributed by atoms with van der Waals surface area (Å²) in [6.45, 7) is 1.33. The van der Waals surface area contributed by atoms with Crippen molar-refractivity contribution in [1.82, 2.24) is 5.32 Å². The maximum Gasteiger partial charge on any atom is 0.160 e. The average Bonchev–Trinajstić information content (AvgIpc) is 3.21. The minimum Gasteiger partial charge on any atom is -0.493 e. The van der Waals surface area contributed by atoms with Crippen molar-refractivity contribution in [2.45, 2.75) is 25.4 Å². The van der Waals surface area contributed by atoms with Crippen molar-refractivity contribution in [1.29, 1.82) is 0 Å². The van der Waals surface area contributed by atoms with Crippen LogP contribution < -0.4 is 19.5 Å². The van der Waals surface area contributed by atoms with Gasteiger partial charge in [-0.05, 0) is 54.8 Å². The van der Waals surface area contributed by atoms with Crippen LogP contribution in [0, 0.1) is 0 Å². The fourth-order valence-electron chi connectivity index (χ4n) is 3.45. The summed E-state index contributed by atoms with van der Waals surface area (Å²) in [6, 6.07) is 13.5. The Bertz CT molecular complexity index is 893. The molecule has 1 unspecified atom stereocenters. The second-order valence-corrected chi connectivity index (χ2v) is 7.24. The first-order valence-electron chi connectivity index (χ1n) is 10.2. The van der Waals surface area contributed by atoms with Crippen LogP contribution in [-0.4, -0.2) is 50.9 Å². The quantitative estimate of drug-likeness (QED) is 0.554. The third-order valence-corrected chi connectivity index (χ3v) is 5.06. The Hall–Kier alpha value is -2.83. The zero-order valence-corrected chi connectivity index (χ0v) is 17.5. The number of ether oxygens (including phenoxy) is 3. The van der Waals surface area contributed by atoms with Crippen molar-refractivity contribution in [3.63, 3.8) is 0 Å². The molecule has 6 heteroatoms. The summed E-state index contributed by atoms with van der Waals surface area (Å²) in [4.78, 5) is 11.5. The number of nitrogens with one attached hydrogen (secondary N) is 1. The number of rotatable bonds is 11. The molecule has 3 rings (SSSR count). The average molecular weight is 411 g/mol. The Balaban J connectivity index is 1.43. The van der Waals surface area contributed by atoms with E-state index in [0.29, 0.717) is 30.2 Å². The van der Waals surface area contributed by atoms with Gasteiger partial charge in [0.15, 0.2) is 17.3 Å². The van der Waals surface area contributed by atoms with E-state index in [4.69, 9.17) is 14.2 Å². The molecule has 160 valence electrons. The SMILES string of the molecule is COc1ccc(CCNCC(O)COc2ccccc2C2=CC(=O)CC2)cc1OC. The Kier molecular flexibility index (Phi) is 7.88. The minimum absolute atomic E-state index is 0.151. The number of carbonyl (C=O) groups excluding carboxylic acids is 1. The second-order valence-electron chi connectivity index (χ2n) is 7.24. The highest BCUT2D eigenvalue weighted by atomic mass is 16.5.